The zero-order chi connectivity index (χ0) is 33.5. The first-order valence-corrected chi connectivity index (χ1v) is 18.0. The molecular formula is C46H28N4S. The van der Waals surface area contributed by atoms with Crippen LogP contribution in [0.1, 0.15) is 0 Å². The van der Waals surface area contributed by atoms with Crippen LogP contribution in [-0.2, 0) is 0 Å². The lowest BCUT2D eigenvalue weighted by Crippen LogP contribution is -1.98. The minimum absolute atomic E-state index is 0.712. The Morgan fingerprint density at radius 2 is 1.12 bits per heavy atom. The molecule has 4 aromatic heterocycles. The first-order chi connectivity index (χ1) is 25.3. The van der Waals surface area contributed by atoms with E-state index in [1.54, 1.807) is 0 Å². The van der Waals surface area contributed by atoms with Gasteiger partial charge in [-0.15, -0.1) is 11.3 Å². The number of aromatic nitrogens is 4. The third kappa shape index (κ3) is 4.38. The van der Waals surface area contributed by atoms with Crippen LogP contribution in [0.4, 0.5) is 0 Å². The van der Waals surface area contributed by atoms with Gasteiger partial charge in [-0.25, -0.2) is 9.97 Å². The number of thiophene rings is 1. The summed E-state index contributed by atoms with van der Waals surface area (Å²) in [5.41, 5.74) is 9.70. The van der Waals surface area contributed by atoms with E-state index in [0.717, 1.165) is 39.1 Å². The van der Waals surface area contributed by atoms with Crippen molar-refractivity contribution in [2.45, 2.75) is 0 Å². The third-order valence-electron chi connectivity index (χ3n) is 10.1. The smallest absolute Gasteiger partial charge is 0.160 e. The van der Waals surface area contributed by atoms with Gasteiger partial charge < -0.3 is 9.13 Å². The monoisotopic (exact) mass is 668 g/mol. The van der Waals surface area contributed by atoms with Gasteiger partial charge in [-0.05, 0) is 66.7 Å². The summed E-state index contributed by atoms with van der Waals surface area (Å²) in [6.07, 6.45) is 2.18. The van der Waals surface area contributed by atoms with Crippen LogP contribution in [-0.4, -0.2) is 19.1 Å². The molecule has 0 radical (unpaired) electrons. The summed E-state index contributed by atoms with van der Waals surface area (Å²) in [6.45, 7) is 0. The van der Waals surface area contributed by atoms with Crippen LogP contribution in [0.15, 0.2) is 170 Å². The molecule has 51 heavy (non-hydrogen) atoms. The van der Waals surface area contributed by atoms with Gasteiger partial charge in [0.05, 0.1) is 27.8 Å². The van der Waals surface area contributed by atoms with Crippen molar-refractivity contribution in [1.29, 1.82) is 0 Å². The molecule has 5 heteroatoms. The van der Waals surface area contributed by atoms with Crippen LogP contribution in [0.3, 0.4) is 0 Å². The Labute approximate surface area is 297 Å². The molecule has 0 saturated carbocycles. The topological polar surface area (TPSA) is 35.6 Å². The Kier molecular flexibility index (Phi) is 6.09. The second kappa shape index (κ2) is 11.0. The molecule has 0 unspecified atom stereocenters. The molecular weight excluding hydrogens is 641 g/mol. The molecule has 4 heterocycles. The van der Waals surface area contributed by atoms with Crippen LogP contribution in [0, 0.1) is 0 Å². The normalized spacial score (nSPS) is 11.9. The van der Waals surface area contributed by atoms with Gasteiger partial charge in [-0.2, -0.15) is 0 Å². The van der Waals surface area contributed by atoms with E-state index < -0.39 is 0 Å². The van der Waals surface area contributed by atoms with E-state index in [-0.39, 0.29) is 0 Å². The average molecular weight is 669 g/mol. The number of rotatable bonds is 4. The van der Waals surface area contributed by atoms with Gasteiger partial charge in [0.25, 0.3) is 0 Å². The van der Waals surface area contributed by atoms with Crippen molar-refractivity contribution in [3.05, 3.63) is 170 Å². The molecule has 0 atom stereocenters. The Hall–Kier alpha value is -6.56. The summed E-state index contributed by atoms with van der Waals surface area (Å²) < 4.78 is 7.32. The van der Waals surface area contributed by atoms with Crippen LogP contribution in [0.5, 0.6) is 0 Å². The van der Waals surface area contributed by atoms with Crippen molar-refractivity contribution in [2.24, 2.45) is 0 Å². The van der Waals surface area contributed by atoms with Gasteiger partial charge in [-0.3, -0.25) is 0 Å². The second-order valence-corrected chi connectivity index (χ2v) is 14.2. The molecule has 0 aliphatic rings. The number of fused-ring (bicyclic) bond motifs is 8. The quantitative estimate of drug-likeness (QED) is 0.187. The average Bonchev–Trinajstić information content (AvgIpc) is 3.87. The number of nitrogens with zero attached hydrogens (tertiary/aromatic N) is 4. The Bertz CT molecular complexity index is 3130. The Balaban J connectivity index is 1.18. The molecule has 0 N–H and O–H groups in total. The SMILES string of the molecule is c1ccc(-c2nc(-c3cccc(-n4c5cc6ccn(-c7ccccc7)c6cc5c5cc6sc7ccccc7c6cc54)c3)nc3ccccc23)cc1. The standard InChI is InChI=1S/C46H28N4S/c1-3-12-29(13-4-1)45-35-19-7-9-20-39(35)47-46(48-45)31-14-11-17-33(24-31)50-41-25-30-22-23-49(32-15-5-2-6-16-32)40(30)26-36(41)37-28-44-38(27-42(37)50)34-18-8-10-21-43(34)51-44/h1-28H. The Morgan fingerprint density at radius 1 is 0.431 bits per heavy atom. The maximum atomic E-state index is 5.21. The van der Waals surface area contributed by atoms with Crippen LogP contribution < -0.4 is 0 Å². The van der Waals surface area contributed by atoms with E-state index in [1.165, 1.54) is 52.9 Å². The highest BCUT2D eigenvalue weighted by Crippen LogP contribution is 2.42. The van der Waals surface area contributed by atoms with E-state index in [4.69, 9.17) is 9.97 Å². The zero-order valence-corrected chi connectivity index (χ0v) is 28.2. The third-order valence-corrected chi connectivity index (χ3v) is 11.3. The zero-order valence-electron chi connectivity index (χ0n) is 27.4. The van der Waals surface area contributed by atoms with Gasteiger partial charge in [0.15, 0.2) is 5.82 Å². The predicted octanol–water partition coefficient (Wildman–Crippen LogP) is 12.4. The lowest BCUT2D eigenvalue weighted by molar-refractivity contribution is 1.13. The minimum Gasteiger partial charge on any atom is -0.317 e. The summed E-state index contributed by atoms with van der Waals surface area (Å²) >= 11 is 1.86. The number of hydrogen-bond acceptors (Lipinski definition) is 3. The molecule has 238 valence electrons. The van der Waals surface area contributed by atoms with Crippen molar-refractivity contribution in [2.75, 3.05) is 0 Å². The molecule has 11 aromatic rings. The van der Waals surface area contributed by atoms with E-state index in [9.17, 15) is 0 Å². The highest BCUT2D eigenvalue weighted by molar-refractivity contribution is 7.25. The largest absolute Gasteiger partial charge is 0.317 e. The summed E-state index contributed by atoms with van der Waals surface area (Å²) in [5, 5.41) is 7.29. The second-order valence-electron chi connectivity index (χ2n) is 13.1. The van der Waals surface area contributed by atoms with Crippen molar-refractivity contribution >= 4 is 75.1 Å². The molecule has 0 fully saturated rings. The van der Waals surface area contributed by atoms with Gasteiger partial charge in [-0.1, -0.05) is 97.1 Å². The Morgan fingerprint density at radius 3 is 2.00 bits per heavy atom. The van der Waals surface area contributed by atoms with Crippen molar-refractivity contribution < 1.29 is 0 Å². The fourth-order valence-corrected chi connectivity index (χ4v) is 8.89. The van der Waals surface area contributed by atoms with Crippen molar-refractivity contribution in [3.63, 3.8) is 0 Å². The predicted molar refractivity (Wildman–Crippen MR) is 214 cm³/mol. The van der Waals surface area contributed by atoms with E-state index in [2.05, 4.69) is 167 Å². The lowest BCUT2D eigenvalue weighted by atomic mass is 10.1. The fraction of sp³-hybridized carbons (Fsp3) is 0. The van der Waals surface area contributed by atoms with Crippen molar-refractivity contribution in [3.8, 4) is 34.0 Å². The molecule has 0 aliphatic carbocycles. The van der Waals surface area contributed by atoms with Gasteiger partial charge in [0.1, 0.15) is 0 Å². The molecule has 7 aromatic carbocycles. The molecule has 0 spiro atoms. The molecule has 0 bridgehead atoms. The number of hydrogen-bond donors (Lipinski definition) is 0. The maximum absolute atomic E-state index is 5.21. The van der Waals surface area contributed by atoms with Crippen LogP contribution in [0.2, 0.25) is 0 Å². The fourth-order valence-electron chi connectivity index (χ4n) is 7.76. The summed E-state index contributed by atoms with van der Waals surface area (Å²) in [7, 11) is 0. The van der Waals surface area contributed by atoms with E-state index in [1.807, 2.05) is 23.5 Å². The molecule has 0 amide bonds. The molecule has 11 rings (SSSR count). The number of para-hydroxylation sites is 2. The van der Waals surface area contributed by atoms with Gasteiger partial charge in [0, 0.05) is 70.4 Å². The molecule has 4 nitrogen and oxygen atoms in total. The molecule has 0 saturated heterocycles. The maximum Gasteiger partial charge on any atom is 0.160 e. The first kappa shape index (κ1) is 28.3. The number of benzene rings is 7. The molecule has 0 aliphatic heterocycles. The van der Waals surface area contributed by atoms with Gasteiger partial charge in [0.2, 0.25) is 0 Å². The van der Waals surface area contributed by atoms with Gasteiger partial charge >= 0.3 is 0 Å². The highest BCUT2D eigenvalue weighted by Gasteiger charge is 2.19. The summed E-state index contributed by atoms with van der Waals surface area (Å²) in [5.74, 6) is 0.712. The highest BCUT2D eigenvalue weighted by atomic mass is 32.1. The summed E-state index contributed by atoms with van der Waals surface area (Å²) in [4.78, 5) is 10.3. The van der Waals surface area contributed by atoms with E-state index in [0.29, 0.717) is 5.82 Å². The minimum atomic E-state index is 0.712. The first-order valence-electron chi connectivity index (χ1n) is 17.2. The van der Waals surface area contributed by atoms with Crippen LogP contribution in [0.25, 0.3) is 97.8 Å². The lowest BCUT2D eigenvalue weighted by Gasteiger charge is -2.12. The van der Waals surface area contributed by atoms with Crippen molar-refractivity contribution in [1.82, 2.24) is 19.1 Å². The van der Waals surface area contributed by atoms with E-state index >= 15 is 0 Å². The van der Waals surface area contributed by atoms with Crippen LogP contribution >= 0.6 is 11.3 Å². The summed E-state index contributed by atoms with van der Waals surface area (Å²) in [6, 6.07) is 58.5.